The molecule has 2 aliphatic rings. The summed E-state index contributed by atoms with van der Waals surface area (Å²) in [6.07, 6.45) is 0.113. The number of nitrogens with zero attached hydrogens (tertiary/aromatic N) is 4. The van der Waals surface area contributed by atoms with Crippen molar-refractivity contribution in [3.8, 4) is 0 Å². The number of fused-ring (bicyclic) bond motifs is 1. The van der Waals surface area contributed by atoms with Crippen LogP contribution in [0.1, 0.15) is 43.8 Å². The molecule has 3 aromatic rings. The minimum absolute atomic E-state index is 0.260. The third-order valence-electron chi connectivity index (χ3n) is 5.94. The molecule has 2 aromatic heterocycles. The largest absolute Gasteiger partial charge is 0.349 e. The van der Waals surface area contributed by atoms with Crippen molar-refractivity contribution in [1.82, 2.24) is 19.5 Å². The number of hydrogen-bond acceptors (Lipinski definition) is 8. The average molecular weight is 522 g/mol. The third-order valence-corrected chi connectivity index (χ3v) is 13.5. The molecule has 1 amide bonds. The second-order valence-electron chi connectivity index (χ2n) is 8.20. The van der Waals surface area contributed by atoms with Gasteiger partial charge in [0, 0.05) is 16.1 Å². The molecule has 2 saturated heterocycles. The molecule has 1 N–H and O–H groups in total. The van der Waals surface area contributed by atoms with Crippen molar-refractivity contribution < 1.29 is 18.4 Å². The molecule has 1 aromatic carbocycles. The smallest absolute Gasteiger partial charge is 0.256 e. The van der Waals surface area contributed by atoms with Crippen molar-refractivity contribution in [2.75, 3.05) is 5.32 Å². The molecule has 0 aliphatic carbocycles. The number of halogens is 1. The van der Waals surface area contributed by atoms with Crippen LogP contribution in [0.2, 0.25) is 0 Å². The van der Waals surface area contributed by atoms with Gasteiger partial charge >= 0.3 is 0 Å². The van der Waals surface area contributed by atoms with Gasteiger partial charge < -0.3 is 14.6 Å². The van der Waals surface area contributed by atoms with Crippen molar-refractivity contribution in [2.24, 2.45) is 0 Å². The maximum atomic E-state index is 15.7. The molecule has 6 atom stereocenters. The van der Waals surface area contributed by atoms with Gasteiger partial charge in [-0.15, -0.1) is 0 Å². The fraction of sp³-hybridized carbons (Fsp3) is 0.455. The summed E-state index contributed by atoms with van der Waals surface area (Å²) in [5, 5.41) is 3.73. The van der Waals surface area contributed by atoms with Gasteiger partial charge in [0.1, 0.15) is 12.4 Å². The van der Waals surface area contributed by atoms with E-state index in [4.69, 9.17) is 9.26 Å². The zero-order valence-electron chi connectivity index (χ0n) is 18.9. The van der Waals surface area contributed by atoms with E-state index in [-0.39, 0.29) is 17.8 Å². The summed E-state index contributed by atoms with van der Waals surface area (Å²) in [4.78, 5) is 25.5. The summed E-state index contributed by atoms with van der Waals surface area (Å²) >= 11 is 3.57. The summed E-state index contributed by atoms with van der Waals surface area (Å²) in [5.41, 5.74) is 1.25. The molecular formula is C22H25FN5O3PS2. The molecular weight excluding hydrogens is 496 g/mol. The number of anilines is 1. The van der Waals surface area contributed by atoms with Crippen molar-refractivity contribution >= 4 is 52.2 Å². The topological polar surface area (TPSA) is 91.2 Å². The van der Waals surface area contributed by atoms with Crippen LogP contribution in [-0.4, -0.2) is 54.3 Å². The Morgan fingerprint density at radius 2 is 1.94 bits per heavy atom. The molecule has 4 heterocycles. The molecule has 180 valence electrons. The molecule has 34 heavy (non-hydrogen) atoms. The lowest BCUT2D eigenvalue weighted by Gasteiger charge is -2.21. The number of aromatic nitrogens is 4. The molecule has 2 aliphatic heterocycles. The van der Waals surface area contributed by atoms with Crippen molar-refractivity contribution in [1.29, 1.82) is 0 Å². The Labute approximate surface area is 206 Å². The lowest BCUT2D eigenvalue weighted by Crippen LogP contribution is -2.29. The highest BCUT2D eigenvalue weighted by atomic mass is 33.1. The zero-order chi connectivity index (χ0) is 23.8. The number of hydrogen-bond donors (Lipinski definition) is 1. The van der Waals surface area contributed by atoms with Gasteiger partial charge in [-0.25, -0.2) is 19.3 Å². The number of carbonyl (C=O) groups excluding carboxylic acids is 1. The molecule has 0 saturated carbocycles. The van der Waals surface area contributed by atoms with E-state index in [1.807, 2.05) is 13.0 Å². The first-order chi connectivity index (χ1) is 16.5. The molecule has 3 unspecified atom stereocenters. The Bertz CT molecular complexity index is 1160. The normalized spacial score (nSPS) is 31.2. The SMILES string of the molecule is CC[C@H]1O[C@@H](n2cnc3c(NC(=O)c4ccccc4)ncnc32)[C@@H](F)C1OP1SC(C)C(C)S1. The highest BCUT2D eigenvalue weighted by Crippen LogP contribution is 2.73. The number of ether oxygens (including phenoxy) is 1. The van der Waals surface area contributed by atoms with Gasteiger partial charge in [-0.1, -0.05) is 61.7 Å². The van der Waals surface area contributed by atoms with Crippen LogP contribution in [-0.2, 0) is 9.26 Å². The van der Waals surface area contributed by atoms with E-state index >= 15 is 4.39 Å². The number of nitrogens with one attached hydrogen (secondary N) is 1. The number of carbonyl (C=O) groups is 1. The van der Waals surface area contributed by atoms with Crippen LogP contribution < -0.4 is 5.32 Å². The van der Waals surface area contributed by atoms with E-state index in [0.717, 1.165) is 0 Å². The molecule has 0 bridgehead atoms. The fourth-order valence-corrected chi connectivity index (χ4v) is 12.9. The van der Waals surface area contributed by atoms with E-state index in [1.54, 1.807) is 51.6 Å². The van der Waals surface area contributed by atoms with Gasteiger partial charge in [-0.05, 0) is 18.6 Å². The van der Waals surface area contributed by atoms with Crippen LogP contribution in [0.5, 0.6) is 0 Å². The Kier molecular flexibility index (Phi) is 7.09. The van der Waals surface area contributed by atoms with Gasteiger partial charge in [0.05, 0.1) is 12.4 Å². The summed E-state index contributed by atoms with van der Waals surface area (Å²) in [6, 6.07) is 8.82. The minimum Gasteiger partial charge on any atom is -0.349 e. The Balaban J connectivity index is 1.38. The molecule has 0 spiro atoms. The van der Waals surface area contributed by atoms with Crippen LogP contribution >= 0.6 is 29.3 Å². The van der Waals surface area contributed by atoms with Crippen molar-refractivity contribution in [3.63, 3.8) is 0 Å². The molecule has 2 fully saturated rings. The maximum Gasteiger partial charge on any atom is 0.256 e. The number of rotatable bonds is 6. The predicted octanol–water partition coefficient (Wildman–Crippen LogP) is 5.59. The standard InChI is InChI=1S/C22H25FN5O3PS2/c1-4-15-18(31-32-33-12(2)13(3)34-32)16(23)22(30-15)28-11-26-17-19(24-10-25-20(17)28)27-21(29)14-8-6-5-7-9-14/h5-13,15-16,18,22H,4H2,1-3H3,(H,24,25,27,29)/t12?,13?,15-,16+,18?,22-,32?/m1/s1. The molecule has 8 nitrogen and oxygen atoms in total. The Morgan fingerprint density at radius 1 is 1.21 bits per heavy atom. The zero-order valence-corrected chi connectivity index (χ0v) is 21.4. The Morgan fingerprint density at radius 3 is 2.65 bits per heavy atom. The first-order valence-corrected chi connectivity index (χ1v) is 15.3. The number of amides is 1. The van der Waals surface area contributed by atoms with Crippen molar-refractivity contribution in [2.45, 2.75) is 62.3 Å². The minimum atomic E-state index is -1.38. The lowest BCUT2D eigenvalue weighted by atomic mass is 10.1. The van der Waals surface area contributed by atoms with Gasteiger partial charge in [-0.3, -0.25) is 9.36 Å². The predicted molar refractivity (Wildman–Crippen MR) is 135 cm³/mol. The molecule has 12 heteroatoms. The van der Waals surface area contributed by atoms with Gasteiger partial charge in [0.25, 0.3) is 5.91 Å². The molecule has 5 rings (SSSR count). The van der Waals surface area contributed by atoms with Gasteiger partial charge in [0.2, 0.25) is 0 Å². The summed E-state index contributed by atoms with van der Waals surface area (Å²) < 4.78 is 29.7. The molecule has 0 radical (unpaired) electrons. The van der Waals surface area contributed by atoms with E-state index in [2.05, 4.69) is 34.1 Å². The number of benzene rings is 1. The quantitative estimate of drug-likeness (QED) is 0.420. The van der Waals surface area contributed by atoms with Crippen LogP contribution in [0.4, 0.5) is 10.2 Å². The number of alkyl halides is 1. The first kappa shape index (κ1) is 23.9. The fourth-order valence-electron chi connectivity index (χ4n) is 3.89. The maximum absolute atomic E-state index is 15.7. The highest BCUT2D eigenvalue weighted by molar-refractivity contribution is 8.88. The lowest BCUT2D eigenvalue weighted by molar-refractivity contribution is -0.0214. The van der Waals surface area contributed by atoms with E-state index in [1.165, 1.54) is 12.7 Å². The second kappa shape index (κ2) is 10.1. The third kappa shape index (κ3) is 4.56. The summed E-state index contributed by atoms with van der Waals surface area (Å²) in [5.74, 6) is -0.0523. The monoisotopic (exact) mass is 521 g/mol. The first-order valence-electron chi connectivity index (χ1n) is 11.1. The van der Waals surface area contributed by atoms with Crippen LogP contribution in [0.25, 0.3) is 11.2 Å². The average Bonchev–Trinajstić information content (AvgIpc) is 3.50. The van der Waals surface area contributed by atoms with Gasteiger partial charge in [-0.2, -0.15) is 0 Å². The van der Waals surface area contributed by atoms with Gasteiger partial charge in [0.15, 0.2) is 35.9 Å². The van der Waals surface area contributed by atoms with Crippen LogP contribution in [0.3, 0.4) is 0 Å². The van der Waals surface area contributed by atoms with E-state index < -0.39 is 25.1 Å². The highest BCUT2D eigenvalue weighted by Gasteiger charge is 2.49. The van der Waals surface area contributed by atoms with Crippen LogP contribution in [0.15, 0.2) is 43.0 Å². The number of imidazole rings is 1. The summed E-state index contributed by atoms with van der Waals surface area (Å²) in [7, 11) is 0. The van der Waals surface area contributed by atoms with Crippen molar-refractivity contribution in [3.05, 3.63) is 48.5 Å². The van der Waals surface area contributed by atoms with E-state index in [0.29, 0.717) is 33.6 Å². The Hall–Kier alpha value is -1.78. The van der Waals surface area contributed by atoms with Crippen LogP contribution in [0, 0.1) is 0 Å². The summed E-state index contributed by atoms with van der Waals surface area (Å²) in [6.45, 7) is 5.50. The second-order valence-corrected chi connectivity index (χ2v) is 14.7. The van der Waals surface area contributed by atoms with E-state index in [9.17, 15) is 4.79 Å².